The van der Waals surface area contributed by atoms with Crippen molar-refractivity contribution in [3.63, 3.8) is 0 Å². The van der Waals surface area contributed by atoms with E-state index in [1.54, 1.807) is 12.1 Å². The molecule has 0 heterocycles. The van der Waals surface area contributed by atoms with E-state index < -0.39 is 30.2 Å². The van der Waals surface area contributed by atoms with Gasteiger partial charge in [-0.25, -0.2) is 4.79 Å². The van der Waals surface area contributed by atoms with Gasteiger partial charge in [0, 0.05) is 5.56 Å². The Hall–Kier alpha value is -2.57. The second-order valence-corrected chi connectivity index (χ2v) is 3.76. The number of primary amides is 1. The monoisotopic (exact) mass is 266 g/mol. The molecule has 7 heteroatoms. The summed E-state index contributed by atoms with van der Waals surface area (Å²) in [5, 5.41) is 11.1. The van der Waals surface area contributed by atoms with Crippen LogP contribution in [0, 0.1) is 0 Å². The molecule has 0 aliphatic carbocycles. The van der Waals surface area contributed by atoms with Crippen LogP contribution in [0.2, 0.25) is 0 Å². The number of carbonyl (C=O) groups excluding carboxylic acids is 2. The Morgan fingerprint density at radius 1 is 1.32 bits per heavy atom. The van der Waals surface area contributed by atoms with Gasteiger partial charge in [-0.05, 0) is 24.3 Å². The van der Waals surface area contributed by atoms with E-state index in [1.165, 1.54) is 19.2 Å². The van der Waals surface area contributed by atoms with Crippen LogP contribution in [0.5, 0.6) is 5.75 Å². The first kappa shape index (κ1) is 14.5. The molecule has 19 heavy (non-hydrogen) atoms. The third kappa shape index (κ3) is 4.30. The number of carboxylic acid groups (broad SMARTS) is 1. The molecule has 0 aliphatic rings. The number of ether oxygens (including phenoxy) is 1. The maximum absolute atomic E-state index is 11.8. The Morgan fingerprint density at radius 2 is 1.89 bits per heavy atom. The van der Waals surface area contributed by atoms with E-state index in [0.717, 1.165) is 0 Å². The summed E-state index contributed by atoms with van der Waals surface area (Å²) in [6.07, 6.45) is -0.461. The average Bonchev–Trinajstić information content (AvgIpc) is 2.37. The normalized spacial score (nSPS) is 11.4. The Labute approximate surface area is 109 Å². The molecular formula is C12H14N2O5. The van der Waals surface area contributed by atoms with Gasteiger partial charge in [0.2, 0.25) is 5.91 Å². The molecule has 7 nitrogen and oxygen atoms in total. The quantitative estimate of drug-likeness (QED) is 0.656. The van der Waals surface area contributed by atoms with Crippen LogP contribution in [0.3, 0.4) is 0 Å². The molecule has 0 aliphatic heterocycles. The number of hydrogen-bond donors (Lipinski definition) is 3. The van der Waals surface area contributed by atoms with Crippen molar-refractivity contribution in [3.05, 3.63) is 29.8 Å². The molecule has 0 radical (unpaired) electrons. The number of carboxylic acids is 1. The summed E-state index contributed by atoms with van der Waals surface area (Å²) < 4.78 is 4.93. The number of rotatable bonds is 6. The van der Waals surface area contributed by atoms with Crippen LogP contribution in [0.25, 0.3) is 0 Å². The zero-order chi connectivity index (χ0) is 14.4. The number of benzene rings is 1. The van der Waals surface area contributed by atoms with Gasteiger partial charge >= 0.3 is 5.97 Å². The molecule has 2 amide bonds. The van der Waals surface area contributed by atoms with Crippen molar-refractivity contribution >= 4 is 17.8 Å². The van der Waals surface area contributed by atoms with Crippen molar-refractivity contribution in [3.8, 4) is 5.75 Å². The van der Waals surface area contributed by atoms with Gasteiger partial charge in [0.15, 0.2) is 0 Å². The second kappa shape index (κ2) is 6.39. The zero-order valence-corrected chi connectivity index (χ0v) is 10.3. The van der Waals surface area contributed by atoms with Gasteiger partial charge in [0.05, 0.1) is 13.5 Å². The Bertz CT molecular complexity index is 483. The maximum atomic E-state index is 11.8. The molecule has 1 aromatic carbocycles. The first-order chi connectivity index (χ1) is 8.93. The lowest BCUT2D eigenvalue weighted by Gasteiger charge is -2.12. The van der Waals surface area contributed by atoms with Gasteiger partial charge in [0.1, 0.15) is 11.8 Å². The second-order valence-electron chi connectivity index (χ2n) is 3.76. The SMILES string of the molecule is COc1ccc(C(=O)N[C@@H](CC(N)=O)C(=O)O)cc1. The first-order valence-corrected chi connectivity index (χ1v) is 5.40. The molecule has 0 spiro atoms. The third-order valence-corrected chi connectivity index (χ3v) is 2.36. The van der Waals surface area contributed by atoms with Crippen LogP contribution in [0.1, 0.15) is 16.8 Å². The van der Waals surface area contributed by atoms with Gasteiger partial charge in [-0.2, -0.15) is 0 Å². The highest BCUT2D eigenvalue weighted by molar-refractivity contribution is 5.97. The summed E-state index contributed by atoms with van der Waals surface area (Å²) in [7, 11) is 1.49. The number of aliphatic carboxylic acids is 1. The molecule has 4 N–H and O–H groups in total. The molecule has 0 fully saturated rings. The summed E-state index contributed by atoms with van der Waals surface area (Å²) in [5.41, 5.74) is 5.17. The molecule has 0 aromatic heterocycles. The van der Waals surface area contributed by atoms with E-state index in [1.807, 2.05) is 0 Å². The minimum absolute atomic E-state index is 0.261. The summed E-state index contributed by atoms with van der Waals surface area (Å²) in [4.78, 5) is 33.3. The predicted molar refractivity (Wildman–Crippen MR) is 65.7 cm³/mol. The van der Waals surface area contributed by atoms with E-state index in [-0.39, 0.29) is 5.56 Å². The van der Waals surface area contributed by atoms with Crippen molar-refractivity contribution < 1.29 is 24.2 Å². The van der Waals surface area contributed by atoms with Crippen molar-refractivity contribution in [2.45, 2.75) is 12.5 Å². The molecule has 1 atom stereocenters. The van der Waals surface area contributed by atoms with Gasteiger partial charge in [-0.1, -0.05) is 0 Å². The van der Waals surface area contributed by atoms with Crippen LogP contribution >= 0.6 is 0 Å². The summed E-state index contributed by atoms with van der Waals surface area (Å²) >= 11 is 0. The lowest BCUT2D eigenvalue weighted by Crippen LogP contribution is -2.43. The van der Waals surface area contributed by atoms with Crippen LogP contribution in [0.15, 0.2) is 24.3 Å². The van der Waals surface area contributed by atoms with Gasteiger partial charge in [0.25, 0.3) is 5.91 Å². The molecule has 0 bridgehead atoms. The van der Waals surface area contributed by atoms with Crippen molar-refractivity contribution in [1.82, 2.24) is 5.32 Å². The average molecular weight is 266 g/mol. The number of methoxy groups -OCH3 is 1. The van der Waals surface area contributed by atoms with E-state index in [9.17, 15) is 14.4 Å². The fourth-order valence-corrected chi connectivity index (χ4v) is 1.39. The molecule has 1 rings (SSSR count). The lowest BCUT2D eigenvalue weighted by molar-refractivity contribution is -0.140. The largest absolute Gasteiger partial charge is 0.497 e. The van der Waals surface area contributed by atoms with Crippen molar-refractivity contribution in [1.29, 1.82) is 0 Å². The number of carbonyl (C=O) groups is 3. The Balaban J connectivity index is 2.75. The fraction of sp³-hybridized carbons (Fsp3) is 0.250. The number of nitrogens with one attached hydrogen (secondary N) is 1. The van der Waals surface area contributed by atoms with E-state index in [0.29, 0.717) is 5.75 Å². The van der Waals surface area contributed by atoms with Crippen LogP contribution in [-0.4, -0.2) is 36.0 Å². The number of amides is 2. The number of hydrogen-bond acceptors (Lipinski definition) is 4. The molecule has 0 unspecified atom stereocenters. The van der Waals surface area contributed by atoms with E-state index in [4.69, 9.17) is 15.6 Å². The van der Waals surface area contributed by atoms with E-state index in [2.05, 4.69) is 5.32 Å². The predicted octanol–water partition coefficient (Wildman–Crippen LogP) is -0.246. The Morgan fingerprint density at radius 3 is 2.32 bits per heavy atom. The van der Waals surface area contributed by atoms with Crippen LogP contribution in [0.4, 0.5) is 0 Å². The van der Waals surface area contributed by atoms with Gasteiger partial charge < -0.3 is 20.9 Å². The van der Waals surface area contributed by atoms with E-state index >= 15 is 0 Å². The standard InChI is InChI=1S/C12H14N2O5/c1-19-8-4-2-7(3-5-8)11(16)14-9(12(17)18)6-10(13)15/h2-5,9H,6H2,1H3,(H2,13,15)(H,14,16)(H,17,18)/t9-/m0/s1. The van der Waals surface area contributed by atoms with Gasteiger partial charge in [-0.3, -0.25) is 9.59 Å². The van der Waals surface area contributed by atoms with Crippen LogP contribution < -0.4 is 15.8 Å². The van der Waals surface area contributed by atoms with Crippen molar-refractivity contribution in [2.75, 3.05) is 7.11 Å². The van der Waals surface area contributed by atoms with Crippen molar-refractivity contribution in [2.24, 2.45) is 5.73 Å². The van der Waals surface area contributed by atoms with Gasteiger partial charge in [-0.15, -0.1) is 0 Å². The summed E-state index contributed by atoms with van der Waals surface area (Å²) in [6.45, 7) is 0. The minimum Gasteiger partial charge on any atom is -0.497 e. The maximum Gasteiger partial charge on any atom is 0.326 e. The molecule has 102 valence electrons. The molecule has 1 aromatic rings. The molecule has 0 saturated carbocycles. The summed E-state index contributed by atoms with van der Waals surface area (Å²) in [6, 6.07) is 4.76. The minimum atomic E-state index is -1.34. The first-order valence-electron chi connectivity index (χ1n) is 5.40. The molecule has 0 saturated heterocycles. The topological polar surface area (TPSA) is 119 Å². The molecular weight excluding hydrogens is 252 g/mol. The highest BCUT2D eigenvalue weighted by Crippen LogP contribution is 2.11. The lowest BCUT2D eigenvalue weighted by atomic mass is 10.1. The van der Waals surface area contributed by atoms with Crippen LogP contribution in [-0.2, 0) is 9.59 Å². The highest BCUT2D eigenvalue weighted by atomic mass is 16.5. The summed E-state index contributed by atoms with van der Waals surface area (Å²) in [5.74, 6) is -2.15. The Kier molecular flexibility index (Phi) is 4.87. The number of nitrogens with two attached hydrogens (primary N) is 1. The fourth-order valence-electron chi connectivity index (χ4n) is 1.39. The third-order valence-electron chi connectivity index (χ3n) is 2.36. The smallest absolute Gasteiger partial charge is 0.326 e. The highest BCUT2D eigenvalue weighted by Gasteiger charge is 2.22. The zero-order valence-electron chi connectivity index (χ0n) is 10.3.